The van der Waals surface area contributed by atoms with E-state index in [4.69, 9.17) is 16.3 Å². The van der Waals surface area contributed by atoms with Gasteiger partial charge in [-0.25, -0.2) is 8.42 Å². The van der Waals surface area contributed by atoms with Crippen molar-refractivity contribution in [2.75, 3.05) is 24.2 Å². The minimum absolute atomic E-state index is 0.0884. The quantitative estimate of drug-likeness (QED) is 0.496. The second-order valence-corrected chi connectivity index (χ2v) is 11.5. The largest absolute Gasteiger partial charge is 0.497 e. The minimum Gasteiger partial charge on any atom is -0.497 e. The number of nitrogens with zero attached hydrogens (tertiary/aromatic N) is 2. The number of carbonyl (C=O) groups excluding carboxylic acids is 2. The van der Waals surface area contributed by atoms with Crippen LogP contribution in [0.25, 0.3) is 0 Å². The predicted octanol–water partition coefficient (Wildman–Crippen LogP) is 3.98. The average molecular weight is 536 g/mol. The lowest BCUT2D eigenvalue weighted by Crippen LogP contribution is -2.52. The Kier molecular flexibility index (Phi) is 9.62. The minimum atomic E-state index is -3.81. The first kappa shape index (κ1) is 27.8. The highest BCUT2D eigenvalue weighted by Gasteiger charge is 2.31. The fraction of sp³-hybridized carbons (Fsp3) is 0.462. The van der Waals surface area contributed by atoms with E-state index >= 15 is 0 Å². The van der Waals surface area contributed by atoms with Gasteiger partial charge in [0.2, 0.25) is 21.8 Å². The average Bonchev–Trinajstić information content (AvgIpc) is 2.86. The molecule has 2 aromatic rings. The molecule has 0 saturated heterocycles. The molecule has 10 heteroatoms. The van der Waals surface area contributed by atoms with E-state index in [1.54, 1.807) is 55.5 Å². The predicted molar refractivity (Wildman–Crippen MR) is 142 cm³/mol. The molecule has 1 fully saturated rings. The van der Waals surface area contributed by atoms with Gasteiger partial charge < -0.3 is 15.0 Å². The maximum atomic E-state index is 13.6. The van der Waals surface area contributed by atoms with Crippen LogP contribution in [0.3, 0.4) is 0 Å². The van der Waals surface area contributed by atoms with E-state index in [0.29, 0.717) is 16.5 Å². The van der Waals surface area contributed by atoms with Crippen LogP contribution in [-0.4, -0.2) is 57.1 Å². The monoisotopic (exact) mass is 535 g/mol. The lowest BCUT2D eigenvalue weighted by atomic mass is 9.95. The maximum absolute atomic E-state index is 13.6. The van der Waals surface area contributed by atoms with Crippen LogP contribution in [-0.2, 0) is 26.2 Å². The van der Waals surface area contributed by atoms with E-state index in [0.717, 1.165) is 48.2 Å². The molecule has 0 unspecified atom stereocenters. The van der Waals surface area contributed by atoms with E-state index in [2.05, 4.69) is 5.32 Å². The molecule has 1 saturated carbocycles. The van der Waals surface area contributed by atoms with Crippen LogP contribution in [0.2, 0.25) is 5.02 Å². The van der Waals surface area contributed by atoms with Gasteiger partial charge in [0, 0.05) is 23.7 Å². The highest BCUT2D eigenvalue weighted by atomic mass is 35.5. The van der Waals surface area contributed by atoms with E-state index in [-0.39, 0.29) is 18.5 Å². The zero-order valence-electron chi connectivity index (χ0n) is 20.9. The molecule has 2 amide bonds. The lowest BCUT2D eigenvalue weighted by Gasteiger charge is -2.33. The van der Waals surface area contributed by atoms with Crippen LogP contribution in [0.5, 0.6) is 5.75 Å². The summed E-state index contributed by atoms with van der Waals surface area (Å²) in [4.78, 5) is 28.2. The number of sulfonamides is 1. The van der Waals surface area contributed by atoms with Crippen LogP contribution < -0.4 is 14.4 Å². The number of methoxy groups -OCH3 is 1. The number of benzene rings is 2. The third-order valence-electron chi connectivity index (χ3n) is 6.41. The van der Waals surface area contributed by atoms with Gasteiger partial charge in [-0.1, -0.05) is 49.1 Å². The molecule has 1 aliphatic rings. The summed E-state index contributed by atoms with van der Waals surface area (Å²) < 4.78 is 31.6. The molecule has 1 aliphatic carbocycles. The topological polar surface area (TPSA) is 96.0 Å². The summed E-state index contributed by atoms with van der Waals surface area (Å²) >= 11 is 6.02. The van der Waals surface area contributed by atoms with Crippen molar-refractivity contribution in [3.8, 4) is 5.75 Å². The molecule has 1 atom stereocenters. The summed E-state index contributed by atoms with van der Waals surface area (Å²) in [6.07, 6.45) is 6.17. The van der Waals surface area contributed by atoms with Crippen molar-refractivity contribution in [3.63, 3.8) is 0 Å². The van der Waals surface area contributed by atoms with Gasteiger partial charge in [-0.2, -0.15) is 0 Å². The molecule has 0 radical (unpaired) electrons. The molecular weight excluding hydrogens is 502 g/mol. The van der Waals surface area contributed by atoms with Crippen LogP contribution in [0, 0.1) is 0 Å². The van der Waals surface area contributed by atoms with Gasteiger partial charge in [0.1, 0.15) is 18.3 Å². The molecule has 3 rings (SSSR count). The number of rotatable bonds is 10. The Morgan fingerprint density at radius 1 is 1.11 bits per heavy atom. The van der Waals surface area contributed by atoms with Gasteiger partial charge in [-0.05, 0) is 49.6 Å². The molecule has 1 N–H and O–H groups in total. The Labute approximate surface area is 218 Å². The van der Waals surface area contributed by atoms with Crippen molar-refractivity contribution >= 4 is 39.1 Å². The first-order valence-corrected chi connectivity index (χ1v) is 14.3. The van der Waals surface area contributed by atoms with Crippen LogP contribution in [0.1, 0.15) is 44.6 Å². The van der Waals surface area contributed by atoms with Crippen molar-refractivity contribution in [3.05, 3.63) is 59.1 Å². The van der Waals surface area contributed by atoms with Crippen LogP contribution in [0.4, 0.5) is 5.69 Å². The van der Waals surface area contributed by atoms with Gasteiger partial charge in [-0.3, -0.25) is 13.9 Å². The fourth-order valence-corrected chi connectivity index (χ4v) is 5.28. The van der Waals surface area contributed by atoms with Gasteiger partial charge >= 0.3 is 0 Å². The number of hydrogen-bond donors (Lipinski definition) is 1. The molecule has 0 aliphatic heterocycles. The summed E-state index contributed by atoms with van der Waals surface area (Å²) in [6.45, 7) is 1.34. The lowest BCUT2D eigenvalue weighted by molar-refractivity contribution is -0.139. The first-order valence-electron chi connectivity index (χ1n) is 12.0. The number of amides is 2. The van der Waals surface area contributed by atoms with E-state index in [1.165, 1.54) is 12.0 Å². The number of nitrogens with one attached hydrogen (secondary N) is 1. The second kappa shape index (κ2) is 12.5. The van der Waals surface area contributed by atoms with Gasteiger partial charge in [0.15, 0.2) is 0 Å². The summed E-state index contributed by atoms with van der Waals surface area (Å²) in [6, 6.07) is 12.8. The third kappa shape index (κ3) is 7.61. The summed E-state index contributed by atoms with van der Waals surface area (Å²) in [5.74, 6) is -0.284. The van der Waals surface area contributed by atoms with E-state index in [1.807, 2.05) is 0 Å². The van der Waals surface area contributed by atoms with Crippen molar-refractivity contribution in [1.82, 2.24) is 10.2 Å². The molecule has 0 spiro atoms. The van der Waals surface area contributed by atoms with Crippen LogP contribution in [0.15, 0.2) is 48.5 Å². The Morgan fingerprint density at radius 2 is 1.78 bits per heavy atom. The second-order valence-electron chi connectivity index (χ2n) is 9.14. The summed E-state index contributed by atoms with van der Waals surface area (Å²) in [5.41, 5.74) is 1.08. The fourth-order valence-electron chi connectivity index (χ4n) is 4.32. The standard InChI is InChI=1S/C26H34ClN3O5S/c1-19(26(32)28-22-8-5-4-6-9-22)29(17-20-12-14-21(27)15-13-20)25(31)18-30(36(3,33)34)23-10-7-11-24(16-23)35-2/h7,10-16,19,22H,4-6,8-9,17-18H2,1-3H3,(H,28,32)/t19-/m1/s1. The SMILES string of the molecule is COc1cccc(N(CC(=O)N(Cc2ccc(Cl)cc2)[C@H](C)C(=O)NC2CCCCC2)S(C)(=O)=O)c1. The van der Waals surface area contributed by atoms with E-state index < -0.39 is 28.5 Å². The van der Waals surface area contributed by atoms with Gasteiger partial charge in [0.05, 0.1) is 19.1 Å². The van der Waals surface area contributed by atoms with Crippen molar-refractivity contribution in [2.24, 2.45) is 0 Å². The Hall–Kier alpha value is -2.78. The number of ether oxygens (including phenoxy) is 1. The smallest absolute Gasteiger partial charge is 0.244 e. The maximum Gasteiger partial charge on any atom is 0.244 e. The number of halogens is 1. The summed E-state index contributed by atoms with van der Waals surface area (Å²) in [7, 11) is -2.32. The zero-order valence-corrected chi connectivity index (χ0v) is 22.5. The Balaban J connectivity index is 1.87. The molecule has 0 heterocycles. The Morgan fingerprint density at radius 3 is 2.39 bits per heavy atom. The highest BCUT2D eigenvalue weighted by Crippen LogP contribution is 2.24. The van der Waals surface area contributed by atoms with Crippen molar-refractivity contribution in [1.29, 1.82) is 0 Å². The van der Waals surface area contributed by atoms with Gasteiger partial charge in [0.25, 0.3) is 0 Å². The van der Waals surface area contributed by atoms with E-state index in [9.17, 15) is 18.0 Å². The molecule has 0 bridgehead atoms. The molecule has 196 valence electrons. The van der Waals surface area contributed by atoms with Gasteiger partial charge in [-0.15, -0.1) is 0 Å². The van der Waals surface area contributed by atoms with Crippen molar-refractivity contribution < 1.29 is 22.7 Å². The summed E-state index contributed by atoms with van der Waals surface area (Å²) in [5, 5.41) is 3.63. The van der Waals surface area contributed by atoms with Crippen molar-refractivity contribution in [2.45, 2.75) is 57.7 Å². The zero-order chi connectivity index (χ0) is 26.3. The first-order chi connectivity index (χ1) is 17.1. The number of carbonyl (C=O) groups is 2. The van der Waals surface area contributed by atoms with Crippen LogP contribution >= 0.6 is 11.6 Å². The highest BCUT2D eigenvalue weighted by molar-refractivity contribution is 7.92. The number of anilines is 1. The third-order valence-corrected chi connectivity index (χ3v) is 7.80. The molecule has 0 aromatic heterocycles. The number of hydrogen-bond acceptors (Lipinski definition) is 5. The molecule has 2 aromatic carbocycles. The molecule has 36 heavy (non-hydrogen) atoms. The molecule has 8 nitrogen and oxygen atoms in total. The molecular formula is C26H34ClN3O5S. The normalized spacial score (nSPS) is 15.1. The Bertz CT molecular complexity index is 1150.